The lowest BCUT2D eigenvalue weighted by molar-refractivity contribution is -0.118. The molecule has 1 saturated carbocycles. The molecule has 1 saturated heterocycles. The fourth-order valence-corrected chi connectivity index (χ4v) is 4.40. The number of fused-ring (bicyclic) bond motifs is 1. The number of piperidine rings is 1. The molecule has 0 aromatic carbocycles. The van der Waals surface area contributed by atoms with E-state index in [0.29, 0.717) is 48.2 Å². The average Bonchev–Trinajstić information content (AvgIpc) is 2.96. The van der Waals surface area contributed by atoms with Crippen LogP contribution in [0.3, 0.4) is 0 Å². The molecular formula is C19H22BrFN4O2. The Hall–Kier alpha value is -1.80. The number of hydrogen-bond donors (Lipinski definition) is 3. The third-order valence-electron chi connectivity index (χ3n) is 5.85. The zero-order valence-corrected chi connectivity index (χ0v) is 16.7. The smallest absolute Gasteiger partial charge is 0.249 e. The van der Waals surface area contributed by atoms with E-state index in [1.165, 1.54) is 0 Å². The lowest BCUT2D eigenvalue weighted by Crippen LogP contribution is -2.38. The maximum Gasteiger partial charge on any atom is 0.249 e. The number of nitrogens with zero attached hydrogens (tertiary/aromatic N) is 1. The minimum absolute atomic E-state index is 0.104. The predicted octanol–water partition coefficient (Wildman–Crippen LogP) is 2.74. The van der Waals surface area contributed by atoms with Crippen LogP contribution in [0.25, 0.3) is 0 Å². The summed E-state index contributed by atoms with van der Waals surface area (Å²) in [7, 11) is 0. The molecule has 1 aromatic heterocycles. The van der Waals surface area contributed by atoms with Crippen LogP contribution >= 0.6 is 15.9 Å². The molecular weight excluding hydrogens is 415 g/mol. The number of aryl methyl sites for hydroxylation is 1. The van der Waals surface area contributed by atoms with E-state index >= 15 is 0 Å². The van der Waals surface area contributed by atoms with E-state index in [4.69, 9.17) is 0 Å². The van der Waals surface area contributed by atoms with Gasteiger partial charge in [0.2, 0.25) is 11.8 Å². The number of halogens is 2. The largest absolute Gasteiger partial charge is 0.352 e. The first-order chi connectivity index (χ1) is 12.9. The number of aromatic nitrogens is 1. The molecule has 27 heavy (non-hydrogen) atoms. The van der Waals surface area contributed by atoms with E-state index in [1.807, 2.05) is 19.1 Å². The zero-order valence-electron chi connectivity index (χ0n) is 15.1. The molecule has 2 aliphatic carbocycles. The van der Waals surface area contributed by atoms with E-state index in [0.717, 1.165) is 12.0 Å². The first kappa shape index (κ1) is 18.6. The van der Waals surface area contributed by atoms with Crippen molar-refractivity contribution in [3.63, 3.8) is 0 Å². The molecule has 6 nitrogen and oxygen atoms in total. The molecule has 2 heterocycles. The second kappa shape index (κ2) is 6.98. The van der Waals surface area contributed by atoms with Crippen LogP contribution in [0.1, 0.15) is 37.7 Å². The van der Waals surface area contributed by atoms with Crippen molar-refractivity contribution in [1.29, 1.82) is 0 Å². The Morgan fingerprint density at radius 3 is 2.93 bits per heavy atom. The summed E-state index contributed by atoms with van der Waals surface area (Å²) in [5.41, 5.74) is 1.08. The van der Waals surface area contributed by atoms with Gasteiger partial charge in [-0.05, 0) is 66.6 Å². The maximum absolute atomic E-state index is 13.6. The lowest BCUT2D eigenvalue weighted by Gasteiger charge is -2.17. The van der Waals surface area contributed by atoms with E-state index in [1.54, 1.807) is 0 Å². The van der Waals surface area contributed by atoms with Crippen LogP contribution in [-0.2, 0) is 9.59 Å². The molecule has 1 aromatic rings. The van der Waals surface area contributed by atoms with Crippen molar-refractivity contribution in [2.45, 2.75) is 51.1 Å². The number of carbonyl (C=O) groups excluding carboxylic acids is 2. The van der Waals surface area contributed by atoms with Crippen LogP contribution in [0.5, 0.6) is 0 Å². The van der Waals surface area contributed by atoms with Gasteiger partial charge in [0.1, 0.15) is 16.2 Å². The summed E-state index contributed by atoms with van der Waals surface area (Å²) in [4.78, 5) is 29.1. The number of pyridine rings is 1. The molecule has 4 rings (SSSR count). The summed E-state index contributed by atoms with van der Waals surface area (Å²) in [6.45, 7) is 2.36. The summed E-state index contributed by atoms with van der Waals surface area (Å²) < 4.78 is 14.3. The van der Waals surface area contributed by atoms with Crippen LogP contribution < -0.4 is 16.0 Å². The number of carbonyl (C=O) groups is 2. The van der Waals surface area contributed by atoms with Gasteiger partial charge in [-0.15, -0.1) is 0 Å². The molecule has 3 aliphatic rings. The van der Waals surface area contributed by atoms with Crippen molar-refractivity contribution >= 4 is 33.6 Å². The maximum atomic E-state index is 13.6. The minimum Gasteiger partial charge on any atom is -0.352 e. The molecule has 0 radical (unpaired) electrons. The van der Waals surface area contributed by atoms with Crippen molar-refractivity contribution in [3.05, 3.63) is 33.7 Å². The molecule has 3 atom stereocenters. The monoisotopic (exact) mass is 436 g/mol. The highest BCUT2D eigenvalue weighted by Gasteiger charge is 2.61. The minimum atomic E-state index is -0.316. The standard InChI is InChI=1S/C19H22BrFN4O2/c1-10-5-6-15(20)24-16(10)25-18(27)13-7-19(8-14(19)23-13)9-22-17(26)11-3-2-4-12(11)21/h5-6,13-14,23H,2-4,7-9H2,1H3,(H,22,26)(H,24,25,27)/t13-,14+,19-/m0/s1. The predicted molar refractivity (Wildman–Crippen MR) is 103 cm³/mol. The Balaban J connectivity index is 1.33. The van der Waals surface area contributed by atoms with Crippen LogP contribution in [0.4, 0.5) is 10.2 Å². The topological polar surface area (TPSA) is 83.1 Å². The van der Waals surface area contributed by atoms with Gasteiger partial charge in [-0.3, -0.25) is 9.59 Å². The van der Waals surface area contributed by atoms with Crippen molar-refractivity contribution in [3.8, 4) is 0 Å². The molecule has 0 unspecified atom stereocenters. The highest BCUT2D eigenvalue weighted by molar-refractivity contribution is 9.10. The van der Waals surface area contributed by atoms with Gasteiger partial charge in [0.25, 0.3) is 0 Å². The molecule has 2 amide bonds. The molecule has 8 heteroatoms. The molecule has 144 valence electrons. The second-order valence-electron chi connectivity index (χ2n) is 7.75. The number of nitrogens with one attached hydrogen (secondary N) is 3. The molecule has 0 bridgehead atoms. The molecule has 0 spiro atoms. The SMILES string of the molecule is Cc1ccc(Br)nc1NC(=O)[C@@H]1C[C@@]2(CNC(=O)C3=C(F)CCC3)C[C@H]2N1. The Kier molecular flexibility index (Phi) is 4.80. The normalized spacial score (nSPS) is 28.9. The van der Waals surface area contributed by atoms with Gasteiger partial charge in [0, 0.05) is 23.6 Å². The summed E-state index contributed by atoms with van der Waals surface area (Å²) in [5, 5.41) is 9.09. The third kappa shape index (κ3) is 3.65. The summed E-state index contributed by atoms with van der Waals surface area (Å²) in [6.07, 6.45) is 3.15. The number of rotatable bonds is 5. The van der Waals surface area contributed by atoms with Crippen molar-refractivity contribution in [2.24, 2.45) is 5.41 Å². The Labute approximate surface area is 165 Å². The number of amides is 2. The van der Waals surface area contributed by atoms with Crippen molar-refractivity contribution in [2.75, 3.05) is 11.9 Å². The second-order valence-corrected chi connectivity index (χ2v) is 8.56. The Morgan fingerprint density at radius 2 is 2.19 bits per heavy atom. The van der Waals surface area contributed by atoms with Crippen molar-refractivity contribution < 1.29 is 14.0 Å². The van der Waals surface area contributed by atoms with E-state index in [9.17, 15) is 14.0 Å². The van der Waals surface area contributed by atoms with Crippen molar-refractivity contribution in [1.82, 2.24) is 15.6 Å². The quantitative estimate of drug-likeness (QED) is 0.619. The third-order valence-corrected chi connectivity index (χ3v) is 6.29. The Morgan fingerprint density at radius 1 is 1.37 bits per heavy atom. The number of anilines is 1. The van der Waals surface area contributed by atoms with E-state index in [2.05, 4.69) is 36.9 Å². The summed E-state index contributed by atoms with van der Waals surface area (Å²) in [5.74, 6) is -0.156. The highest BCUT2D eigenvalue weighted by Crippen LogP contribution is 2.54. The molecule has 1 aliphatic heterocycles. The van der Waals surface area contributed by atoms with Crippen LogP contribution in [0.15, 0.2) is 28.1 Å². The van der Waals surface area contributed by atoms with Gasteiger partial charge in [-0.1, -0.05) is 6.07 Å². The average molecular weight is 437 g/mol. The van der Waals surface area contributed by atoms with E-state index in [-0.39, 0.29) is 35.1 Å². The first-order valence-electron chi connectivity index (χ1n) is 9.24. The zero-order chi connectivity index (χ0) is 19.2. The molecule has 2 fully saturated rings. The fourth-order valence-electron chi connectivity index (χ4n) is 4.10. The lowest BCUT2D eigenvalue weighted by atomic mass is 9.99. The highest BCUT2D eigenvalue weighted by atomic mass is 79.9. The van der Waals surface area contributed by atoms with Crippen LogP contribution in [-0.4, -0.2) is 35.4 Å². The molecule has 3 N–H and O–H groups in total. The van der Waals surface area contributed by atoms with Gasteiger partial charge in [0.15, 0.2) is 0 Å². The Bertz CT molecular complexity index is 843. The van der Waals surface area contributed by atoms with Crippen LogP contribution in [0.2, 0.25) is 0 Å². The van der Waals surface area contributed by atoms with Gasteiger partial charge in [-0.2, -0.15) is 0 Å². The van der Waals surface area contributed by atoms with Crippen LogP contribution in [0, 0.1) is 12.3 Å². The van der Waals surface area contributed by atoms with Gasteiger partial charge in [-0.25, -0.2) is 9.37 Å². The number of hydrogen-bond acceptors (Lipinski definition) is 4. The van der Waals surface area contributed by atoms with Gasteiger partial charge < -0.3 is 16.0 Å². The number of allylic oxidation sites excluding steroid dienone is 1. The first-order valence-corrected chi connectivity index (χ1v) is 10.0. The fraction of sp³-hybridized carbons (Fsp3) is 0.526. The summed E-state index contributed by atoms with van der Waals surface area (Å²) in [6, 6.07) is 3.62. The van der Waals surface area contributed by atoms with Gasteiger partial charge in [0.05, 0.1) is 6.04 Å². The van der Waals surface area contributed by atoms with E-state index < -0.39 is 0 Å². The van der Waals surface area contributed by atoms with Gasteiger partial charge >= 0.3 is 0 Å². The summed E-state index contributed by atoms with van der Waals surface area (Å²) >= 11 is 3.31.